The standard InChI is InChI=1S/C26H30N2O5S/c1-18-9-12-23(13-10-18)34(30,31)28(21-8-6-7-19(2)15-21)17-26(29)27-20(3)24-16-22(32-4)11-14-25(24)33-5/h6-16,20H,17H2,1-5H3,(H,27,29). The highest BCUT2D eigenvalue weighted by Gasteiger charge is 2.28. The molecular formula is C26H30N2O5S. The minimum Gasteiger partial charge on any atom is -0.497 e. The summed E-state index contributed by atoms with van der Waals surface area (Å²) in [6.07, 6.45) is 0. The number of rotatable bonds is 9. The maximum atomic E-state index is 13.5. The van der Waals surface area contributed by atoms with Crippen molar-refractivity contribution in [3.8, 4) is 11.5 Å². The molecule has 0 bridgehead atoms. The van der Waals surface area contributed by atoms with Gasteiger partial charge in [0, 0.05) is 5.56 Å². The van der Waals surface area contributed by atoms with Crippen LogP contribution in [0.1, 0.15) is 29.7 Å². The van der Waals surface area contributed by atoms with Crippen molar-refractivity contribution in [3.05, 3.63) is 83.4 Å². The van der Waals surface area contributed by atoms with Crippen LogP contribution >= 0.6 is 0 Å². The number of aryl methyl sites for hydroxylation is 2. The second-order valence-corrected chi connectivity index (χ2v) is 9.92. The number of anilines is 1. The number of ether oxygens (including phenoxy) is 2. The van der Waals surface area contributed by atoms with Crippen LogP contribution in [0.5, 0.6) is 11.5 Å². The van der Waals surface area contributed by atoms with Crippen molar-refractivity contribution in [2.45, 2.75) is 31.7 Å². The van der Waals surface area contributed by atoms with Gasteiger partial charge in [0.15, 0.2) is 0 Å². The van der Waals surface area contributed by atoms with Crippen molar-refractivity contribution < 1.29 is 22.7 Å². The smallest absolute Gasteiger partial charge is 0.264 e. The number of amides is 1. The summed E-state index contributed by atoms with van der Waals surface area (Å²) >= 11 is 0. The summed E-state index contributed by atoms with van der Waals surface area (Å²) in [5, 5.41) is 2.89. The second kappa shape index (κ2) is 10.6. The van der Waals surface area contributed by atoms with E-state index in [0.717, 1.165) is 21.0 Å². The first-order valence-corrected chi connectivity index (χ1v) is 12.3. The van der Waals surface area contributed by atoms with E-state index in [-0.39, 0.29) is 11.4 Å². The predicted octanol–water partition coefficient (Wildman–Crippen LogP) is 4.39. The minimum atomic E-state index is -3.98. The van der Waals surface area contributed by atoms with Crippen LogP contribution < -0.4 is 19.1 Å². The molecule has 3 rings (SSSR count). The van der Waals surface area contributed by atoms with Gasteiger partial charge in [-0.1, -0.05) is 29.8 Å². The van der Waals surface area contributed by atoms with Crippen LogP contribution in [0.3, 0.4) is 0 Å². The molecular weight excluding hydrogens is 452 g/mol. The van der Waals surface area contributed by atoms with Gasteiger partial charge in [0.25, 0.3) is 10.0 Å². The molecule has 0 saturated heterocycles. The molecule has 0 radical (unpaired) electrons. The first-order chi connectivity index (χ1) is 16.1. The Morgan fingerprint density at radius 1 is 0.941 bits per heavy atom. The molecule has 0 spiro atoms. The number of nitrogens with zero attached hydrogens (tertiary/aromatic N) is 1. The van der Waals surface area contributed by atoms with Crippen LogP contribution in [0.2, 0.25) is 0 Å². The SMILES string of the molecule is COc1ccc(OC)c(C(C)NC(=O)CN(c2cccc(C)c2)S(=O)(=O)c2ccc(C)cc2)c1. The molecule has 0 heterocycles. The third-order valence-corrected chi connectivity index (χ3v) is 7.25. The number of hydrogen-bond acceptors (Lipinski definition) is 5. The van der Waals surface area contributed by atoms with Gasteiger partial charge >= 0.3 is 0 Å². The summed E-state index contributed by atoms with van der Waals surface area (Å²) in [5.41, 5.74) is 2.97. The first-order valence-electron chi connectivity index (χ1n) is 10.8. The first kappa shape index (κ1) is 25.1. The van der Waals surface area contributed by atoms with Crippen molar-refractivity contribution in [2.24, 2.45) is 0 Å². The number of nitrogens with one attached hydrogen (secondary N) is 1. The molecule has 1 atom stereocenters. The molecule has 7 nitrogen and oxygen atoms in total. The zero-order chi connectivity index (χ0) is 24.9. The second-order valence-electron chi connectivity index (χ2n) is 8.06. The molecule has 3 aromatic carbocycles. The van der Waals surface area contributed by atoms with E-state index in [4.69, 9.17) is 9.47 Å². The average molecular weight is 483 g/mol. The van der Waals surface area contributed by atoms with Crippen molar-refractivity contribution in [3.63, 3.8) is 0 Å². The molecule has 1 amide bonds. The third-order valence-electron chi connectivity index (χ3n) is 5.47. The number of sulfonamides is 1. The van der Waals surface area contributed by atoms with E-state index in [1.807, 2.05) is 19.9 Å². The average Bonchev–Trinajstić information content (AvgIpc) is 2.82. The summed E-state index contributed by atoms with van der Waals surface area (Å²) in [4.78, 5) is 13.2. The summed E-state index contributed by atoms with van der Waals surface area (Å²) < 4.78 is 38.9. The Labute approximate surface area is 201 Å². The summed E-state index contributed by atoms with van der Waals surface area (Å²) in [6.45, 7) is 5.19. The molecule has 0 aliphatic rings. The Hall–Kier alpha value is -3.52. The van der Waals surface area contributed by atoms with Crippen LogP contribution in [0.4, 0.5) is 5.69 Å². The highest BCUT2D eigenvalue weighted by Crippen LogP contribution is 2.30. The van der Waals surface area contributed by atoms with E-state index < -0.39 is 22.0 Å². The predicted molar refractivity (Wildman–Crippen MR) is 133 cm³/mol. The zero-order valence-corrected chi connectivity index (χ0v) is 20.8. The molecule has 180 valence electrons. The van der Waals surface area contributed by atoms with Gasteiger partial charge in [-0.05, 0) is 68.8 Å². The van der Waals surface area contributed by atoms with Crippen LogP contribution in [-0.2, 0) is 14.8 Å². The van der Waals surface area contributed by atoms with Gasteiger partial charge in [-0.2, -0.15) is 0 Å². The van der Waals surface area contributed by atoms with Crippen molar-refractivity contribution in [1.82, 2.24) is 5.32 Å². The molecule has 1 N–H and O–H groups in total. The Bertz CT molecular complexity index is 1260. The lowest BCUT2D eigenvalue weighted by Crippen LogP contribution is -2.41. The number of methoxy groups -OCH3 is 2. The van der Waals surface area contributed by atoms with Gasteiger partial charge in [-0.15, -0.1) is 0 Å². The Kier molecular flexibility index (Phi) is 7.83. The molecule has 0 fully saturated rings. The fourth-order valence-corrected chi connectivity index (χ4v) is 5.02. The molecule has 3 aromatic rings. The largest absolute Gasteiger partial charge is 0.497 e. The number of benzene rings is 3. The molecule has 0 aromatic heterocycles. The maximum absolute atomic E-state index is 13.5. The number of hydrogen-bond donors (Lipinski definition) is 1. The van der Waals surface area contributed by atoms with Crippen molar-refractivity contribution in [1.29, 1.82) is 0 Å². The van der Waals surface area contributed by atoms with Gasteiger partial charge in [0.1, 0.15) is 18.0 Å². The highest BCUT2D eigenvalue weighted by atomic mass is 32.2. The van der Waals surface area contributed by atoms with Gasteiger partial charge in [0.05, 0.1) is 30.8 Å². The summed E-state index contributed by atoms with van der Waals surface area (Å²) in [7, 11) is -0.870. The summed E-state index contributed by atoms with van der Waals surface area (Å²) in [5.74, 6) is 0.770. The number of carbonyl (C=O) groups is 1. The lowest BCUT2D eigenvalue weighted by atomic mass is 10.1. The lowest BCUT2D eigenvalue weighted by molar-refractivity contribution is -0.120. The molecule has 34 heavy (non-hydrogen) atoms. The van der Waals surface area contributed by atoms with E-state index >= 15 is 0 Å². The van der Waals surface area contributed by atoms with Crippen LogP contribution in [0.15, 0.2) is 71.6 Å². The van der Waals surface area contributed by atoms with Gasteiger partial charge in [0.2, 0.25) is 5.91 Å². The van der Waals surface area contributed by atoms with Gasteiger partial charge in [-0.3, -0.25) is 9.10 Å². The quantitative estimate of drug-likeness (QED) is 0.489. The fraction of sp³-hybridized carbons (Fsp3) is 0.269. The van der Waals surface area contributed by atoms with Crippen LogP contribution in [-0.4, -0.2) is 35.1 Å². The van der Waals surface area contributed by atoms with E-state index in [1.165, 1.54) is 0 Å². The van der Waals surface area contributed by atoms with Crippen molar-refractivity contribution >= 4 is 21.6 Å². The summed E-state index contributed by atoms with van der Waals surface area (Å²) in [6, 6.07) is 18.5. The van der Waals surface area contributed by atoms with E-state index in [1.54, 1.807) is 81.8 Å². The topological polar surface area (TPSA) is 84.9 Å². The fourth-order valence-electron chi connectivity index (χ4n) is 3.61. The highest BCUT2D eigenvalue weighted by molar-refractivity contribution is 7.92. The van der Waals surface area contributed by atoms with E-state index in [9.17, 15) is 13.2 Å². The maximum Gasteiger partial charge on any atom is 0.264 e. The Morgan fingerprint density at radius 2 is 1.65 bits per heavy atom. The van der Waals surface area contributed by atoms with Gasteiger partial charge < -0.3 is 14.8 Å². The molecule has 0 saturated carbocycles. The Balaban J connectivity index is 1.91. The molecule has 0 aliphatic carbocycles. The molecule has 8 heteroatoms. The molecule has 0 aliphatic heterocycles. The monoisotopic (exact) mass is 482 g/mol. The minimum absolute atomic E-state index is 0.120. The van der Waals surface area contributed by atoms with Crippen LogP contribution in [0.25, 0.3) is 0 Å². The van der Waals surface area contributed by atoms with Gasteiger partial charge in [-0.25, -0.2) is 8.42 Å². The van der Waals surface area contributed by atoms with E-state index in [0.29, 0.717) is 17.2 Å². The molecule has 1 unspecified atom stereocenters. The third kappa shape index (κ3) is 5.69. The Morgan fingerprint density at radius 3 is 2.26 bits per heavy atom. The normalized spacial score (nSPS) is 12.0. The number of carbonyl (C=O) groups excluding carboxylic acids is 1. The van der Waals surface area contributed by atoms with E-state index in [2.05, 4.69) is 5.32 Å². The lowest BCUT2D eigenvalue weighted by Gasteiger charge is -2.26. The van der Waals surface area contributed by atoms with Crippen molar-refractivity contribution in [2.75, 3.05) is 25.1 Å². The zero-order valence-electron chi connectivity index (χ0n) is 20.0. The van der Waals surface area contributed by atoms with Crippen LogP contribution in [0, 0.1) is 13.8 Å².